The summed E-state index contributed by atoms with van der Waals surface area (Å²) in [7, 11) is 4.92. The van der Waals surface area contributed by atoms with E-state index in [1.807, 2.05) is 0 Å². The summed E-state index contributed by atoms with van der Waals surface area (Å²) in [6.45, 7) is 1.42. The fraction of sp³-hybridized carbons (Fsp3) is 0.444. The average Bonchev–Trinajstić information content (AvgIpc) is 2.45. The molecule has 0 N–H and O–H groups in total. The third-order valence-corrected chi connectivity index (χ3v) is 1.91. The molecule has 1 aromatic heterocycles. The van der Waals surface area contributed by atoms with Gasteiger partial charge in [0.05, 0.1) is 11.8 Å². The molecular formula is C9H13N3O2. The highest BCUT2D eigenvalue weighted by atomic mass is 16.2. The Morgan fingerprint density at radius 3 is 2.43 bits per heavy atom. The van der Waals surface area contributed by atoms with Gasteiger partial charge in [0.1, 0.15) is 5.69 Å². The summed E-state index contributed by atoms with van der Waals surface area (Å²) in [4.78, 5) is 24.3. The molecule has 1 aromatic rings. The number of ketones is 1. The molecule has 0 aliphatic rings. The van der Waals surface area contributed by atoms with Crippen LogP contribution in [0.15, 0.2) is 6.20 Å². The fourth-order valence-corrected chi connectivity index (χ4v) is 1.25. The van der Waals surface area contributed by atoms with Crippen LogP contribution < -0.4 is 0 Å². The van der Waals surface area contributed by atoms with Crippen molar-refractivity contribution in [1.29, 1.82) is 0 Å². The van der Waals surface area contributed by atoms with Crippen LogP contribution in [0.5, 0.6) is 0 Å². The summed E-state index contributed by atoms with van der Waals surface area (Å²) in [6, 6.07) is 0. The van der Waals surface area contributed by atoms with E-state index in [0.717, 1.165) is 0 Å². The topological polar surface area (TPSA) is 55.2 Å². The summed E-state index contributed by atoms with van der Waals surface area (Å²) >= 11 is 0. The number of amides is 1. The van der Waals surface area contributed by atoms with Gasteiger partial charge in [-0.25, -0.2) is 0 Å². The number of carbonyl (C=O) groups is 2. The fourth-order valence-electron chi connectivity index (χ4n) is 1.25. The third-order valence-electron chi connectivity index (χ3n) is 1.91. The monoisotopic (exact) mass is 195 g/mol. The number of hydrogen-bond donors (Lipinski definition) is 0. The highest BCUT2D eigenvalue weighted by molar-refractivity contribution is 6.05. The number of nitrogens with zero attached hydrogens (tertiary/aromatic N) is 3. The maximum absolute atomic E-state index is 11.6. The SMILES string of the molecule is CC(=O)c1c(C(=O)N(C)C)cnn1C. The van der Waals surface area contributed by atoms with E-state index in [2.05, 4.69) is 5.10 Å². The average molecular weight is 195 g/mol. The molecule has 0 spiro atoms. The molecule has 1 amide bonds. The van der Waals surface area contributed by atoms with Crippen molar-refractivity contribution >= 4 is 11.7 Å². The van der Waals surface area contributed by atoms with E-state index in [-0.39, 0.29) is 11.7 Å². The molecule has 14 heavy (non-hydrogen) atoms. The summed E-state index contributed by atoms with van der Waals surface area (Å²) in [5.41, 5.74) is 0.703. The van der Waals surface area contributed by atoms with Gasteiger partial charge in [-0.3, -0.25) is 14.3 Å². The molecule has 5 nitrogen and oxygen atoms in total. The third kappa shape index (κ3) is 1.66. The Bertz CT molecular complexity index is 379. The molecule has 0 aliphatic carbocycles. The van der Waals surface area contributed by atoms with Gasteiger partial charge in [0.15, 0.2) is 5.78 Å². The molecule has 0 bridgehead atoms. The number of carbonyl (C=O) groups excluding carboxylic acids is 2. The Hall–Kier alpha value is -1.65. The molecule has 0 fully saturated rings. The first-order chi connectivity index (χ1) is 6.45. The Labute approximate surface area is 82.3 Å². The van der Waals surface area contributed by atoms with Gasteiger partial charge in [-0.1, -0.05) is 0 Å². The molecule has 0 aliphatic heterocycles. The predicted octanol–water partition coefficient (Wildman–Crippen LogP) is 0.324. The van der Waals surface area contributed by atoms with Crippen molar-refractivity contribution in [3.8, 4) is 0 Å². The Morgan fingerprint density at radius 1 is 1.43 bits per heavy atom. The maximum atomic E-state index is 11.6. The molecule has 1 heterocycles. The number of Topliss-reactive ketones (excluding diaryl/α,β-unsaturated/α-hetero) is 1. The van der Waals surface area contributed by atoms with Crippen LogP contribution in [0.1, 0.15) is 27.8 Å². The van der Waals surface area contributed by atoms with Crippen molar-refractivity contribution in [3.05, 3.63) is 17.5 Å². The van der Waals surface area contributed by atoms with Gasteiger partial charge in [0.2, 0.25) is 0 Å². The van der Waals surface area contributed by atoms with Gasteiger partial charge in [-0.05, 0) is 0 Å². The van der Waals surface area contributed by atoms with Crippen LogP contribution in [-0.4, -0.2) is 40.5 Å². The Morgan fingerprint density at radius 2 is 2.00 bits per heavy atom. The normalized spacial score (nSPS) is 10.0. The Kier molecular flexibility index (Phi) is 2.69. The van der Waals surface area contributed by atoms with Crippen LogP contribution in [0, 0.1) is 0 Å². The molecule has 0 saturated carbocycles. The van der Waals surface area contributed by atoms with Crippen molar-refractivity contribution < 1.29 is 9.59 Å². The molecule has 0 atom stereocenters. The van der Waals surface area contributed by atoms with Crippen molar-refractivity contribution in [2.75, 3.05) is 14.1 Å². The largest absolute Gasteiger partial charge is 0.345 e. The van der Waals surface area contributed by atoms with Crippen molar-refractivity contribution in [2.24, 2.45) is 7.05 Å². The van der Waals surface area contributed by atoms with Crippen LogP contribution in [0.4, 0.5) is 0 Å². The van der Waals surface area contributed by atoms with Crippen molar-refractivity contribution in [2.45, 2.75) is 6.92 Å². The zero-order chi connectivity index (χ0) is 10.9. The second-order valence-corrected chi connectivity index (χ2v) is 3.29. The first kappa shape index (κ1) is 10.4. The van der Waals surface area contributed by atoms with Gasteiger partial charge in [-0.15, -0.1) is 0 Å². The molecular weight excluding hydrogens is 182 g/mol. The Balaban J connectivity index is 3.22. The highest BCUT2D eigenvalue weighted by Gasteiger charge is 2.20. The summed E-state index contributed by atoms with van der Waals surface area (Å²) in [5.74, 6) is -0.362. The zero-order valence-electron chi connectivity index (χ0n) is 8.74. The lowest BCUT2D eigenvalue weighted by atomic mass is 10.2. The van der Waals surface area contributed by atoms with E-state index < -0.39 is 0 Å². The molecule has 0 unspecified atom stereocenters. The smallest absolute Gasteiger partial charge is 0.257 e. The van der Waals surface area contributed by atoms with Crippen LogP contribution in [-0.2, 0) is 7.05 Å². The summed E-state index contributed by atoms with van der Waals surface area (Å²) in [6.07, 6.45) is 1.42. The number of aryl methyl sites for hydroxylation is 1. The van der Waals surface area contributed by atoms with E-state index in [1.54, 1.807) is 21.1 Å². The molecule has 0 aromatic carbocycles. The van der Waals surface area contributed by atoms with E-state index in [0.29, 0.717) is 11.3 Å². The lowest BCUT2D eigenvalue weighted by Crippen LogP contribution is -2.23. The van der Waals surface area contributed by atoms with Crippen LogP contribution >= 0.6 is 0 Å². The van der Waals surface area contributed by atoms with E-state index >= 15 is 0 Å². The summed E-state index contributed by atoms with van der Waals surface area (Å²) < 4.78 is 1.42. The lowest BCUT2D eigenvalue weighted by molar-refractivity contribution is 0.0820. The maximum Gasteiger partial charge on any atom is 0.257 e. The van der Waals surface area contributed by atoms with Gasteiger partial charge in [-0.2, -0.15) is 5.10 Å². The second-order valence-electron chi connectivity index (χ2n) is 3.29. The second kappa shape index (κ2) is 3.61. The van der Waals surface area contributed by atoms with Crippen LogP contribution in [0.25, 0.3) is 0 Å². The predicted molar refractivity (Wildman–Crippen MR) is 51.2 cm³/mol. The molecule has 1 rings (SSSR count). The minimum Gasteiger partial charge on any atom is -0.345 e. The molecule has 0 saturated heterocycles. The highest BCUT2D eigenvalue weighted by Crippen LogP contribution is 2.09. The van der Waals surface area contributed by atoms with Gasteiger partial charge in [0.25, 0.3) is 5.91 Å². The van der Waals surface area contributed by atoms with Crippen LogP contribution in [0.3, 0.4) is 0 Å². The minimum absolute atomic E-state index is 0.157. The van der Waals surface area contributed by atoms with Crippen molar-refractivity contribution in [1.82, 2.24) is 14.7 Å². The van der Waals surface area contributed by atoms with E-state index in [1.165, 1.54) is 22.7 Å². The quantitative estimate of drug-likeness (QED) is 0.639. The van der Waals surface area contributed by atoms with Gasteiger partial charge < -0.3 is 4.90 Å². The molecule has 76 valence electrons. The van der Waals surface area contributed by atoms with E-state index in [9.17, 15) is 9.59 Å². The van der Waals surface area contributed by atoms with Crippen LogP contribution in [0.2, 0.25) is 0 Å². The first-order valence-electron chi connectivity index (χ1n) is 4.19. The summed E-state index contributed by atoms with van der Waals surface area (Å²) in [5, 5.41) is 3.89. The standard InChI is InChI=1S/C9H13N3O2/c1-6(13)8-7(5-10-12(8)4)9(14)11(2)3/h5H,1-4H3. The van der Waals surface area contributed by atoms with Crippen molar-refractivity contribution in [3.63, 3.8) is 0 Å². The van der Waals surface area contributed by atoms with E-state index in [4.69, 9.17) is 0 Å². The molecule has 0 radical (unpaired) electrons. The van der Waals surface area contributed by atoms with Gasteiger partial charge in [0, 0.05) is 28.1 Å². The zero-order valence-corrected chi connectivity index (χ0v) is 8.74. The minimum atomic E-state index is -0.205. The lowest BCUT2D eigenvalue weighted by Gasteiger charge is -2.09. The number of hydrogen-bond acceptors (Lipinski definition) is 3. The number of aromatic nitrogens is 2. The first-order valence-corrected chi connectivity index (χ1v) is 4.19. The number of rotatable bonds is 2. The van der Waals surface area contributed by atoms with Gasteiger partial charge >= 0.3 is 0 Å². The molecule has 5 heteroatoms.